The molecule has 0 aliphatic carbocycles. The highest BCUT2D eigenvalue weighted by Gasteiger charge is 2.09. The molecule has 1 N–H and O–H groups in total. The van der Waals surface area contributed by atoms with Gasteiger partial charge in [-0.25, -0.2) is 0 Å². The fourth-order valence-electron chi connectivity index (χ4n) is 1.52. The van der Waals surface area contributed by atoms with Crippen molar-refractivity contribution in [1.29, 1.82) is 0 Å². The van der Waals surface area contributed by atoms with Gasteiger partial charge in [-0.3, -0.25) is 9.48 Å². The maximum Gasteiger partial charge on any atom is 0.273 e. The average Bonchev–Trinajstić information content (AvgIpc) is 2.76. The van der Waals surface area contributed by atoms with E-state index in [1.54, 1.807) is 19.3 Å². The summed E-state index contributed by atoms with van der Waals surface area (Å²) in [4.78, 5) is 11.9. The Bertz CT molecular complexity index is 536. The van der Waals surface area contributed by atoms with Gasteiger partial charge in [0.2, 0.25) is 0 Å². The second-order valence-electron chi connectivity index (χ2n) is 3.63. The van der Waals surface area contributed by atoms with E-state index in [0.29, 0.717) is 11.6 Å². The topological polar surface area (TPSA) is 46.9 Å². The number of rotatable bonds is 3. The van der Waals surface area contributed by atoms with Gasteiger partial charge in [-0.2, -0.15) is 5.10 Å². The van der Waals surface area contributed by atoms with Crippen LogP contribution in [0.5, 0.6) is 0 Å². The van der Waals surface area contributed by atoms with Gasteiger partial charge in [0.25, 0.3) is 5.91 Å². The highest BCUT2D eigenvalue weighted by atomic mass is 35.5. The van der Waals surface area contributed by atoms with Gasteiger partial charge in [0.05, 0.1) is 0 Å². The summed E-state index contributed by atoms with van der Waals surface area (Å²) in [5.41, 5.74) is 2.21. The van der Waals surface area contributed by atoms with Crippen LogP contribution in [-0.2, 0) is 12.9 Å². The largest absolute Gasteiger partial charge is 0.321 e. The fraction of sp³-hybridized carbons (Fsp3) is 0.167. The Morgan fingerprint density at radius 1 is 1.47 bits per heavy atom. The number of benzene rings is 1. The molecule has 0 bridgehead atoms. The van der Waals surface area contributed by atoms with Crippen molar-refractivity contribution in [2.75, 3.05) is 5.32 Å². The van der Waals surface area contributed by atoms with Gasteiger partial charge in [0.1, 0.15) is 5.69 Å². The third-order valence-corrected chi connectivity index (χ3v) is 2.70. The molecule has 2 aromatic rings. The third kappa shape index (κ3) is 2.65. The maximum absolute atomic E-state index is 11.9. The van der Waals surface area contributed by atoms with Gasteiger partial charge in [0, 0.05) is 24.8 Å². The van der Waals surface area contributed by atoms with Crippen molar-refractivity contribution in [3.05, 3.63) is 47.8 Å². The molecule has 0 atom stereocenters. The van der Waals surface area contributed by atoms with E-state index in [1.165, 1.54) is 4.68 Å². The van der Waals surface area contributed by atoms with Crippen molar-refractivity contribution in [1.82, 2.24) is 9.78 Å². The molecule has 0 aliphatic rings. The molecule has 4 nitrogen and oxygen atoms in total. The van der Waals surface area contributed by atoms with E-state index >= 15 is 0 Å². The molecule has 5 heteroatoms. The Morgan fingerprint density at radius 3 is 2.94 bits per heavy atom. The highest BCUT2D eigenvalue weighted by molar-refractivity contribution is 6.17. The number of alkyl halides is 1. The van der Waals surface area contributed by atoms with E-state index in [2.05, 4.69) is 10.4 Å². The van der Waals surface area contributed by atoms with Crippen molar-refractivity contribution in [3.63, 3.8) is 0 Å². The Kier molecular flexibility index (Phi) is 3.44. The average molecular weight is 250 g/mol. The molecule has 17 heavy (non-hydrogen) atoms. The number of carbonyl (C=O) groups is 1. The van der Waals surface area contributed by atoms with E-state index in [-0.39, 0.29) is 5.91 Å². The first-order valence-electron chi connectivity index (χ1n) is 5.15. The van der Waals surface area contributed by atoms with Crippen LogP contribution in [0.1, 0.15) is 16.1 Å². The standard InChI is InChI=1S/C12H12ClN3O/c1-16-11(5-6-14-16)12(17)15-10-4-2-3-9(7-10)8-13/h2-7H,8H2,1H3,(H,15,17). The Balaban J connectivity index is 2.16. The second kappa shape index (κ2) is 5.01. The molecule has 0 saturated carbocycles. The summed E-state index contributed by atoms with van der Waals surface area (Å²) in [5.74, 6) is 0.242. The number of aryl methyl sites for hydroxylation is 1. The summed E-state index contributed by atoms with van der Waals surface area (Å²) < 4.78 is 1.53. The van der Waals surface area contributed by atoms with Gasteiger partial charge < -0.3 is 5.32 Å². The molecule has 0 unspecified atom stereocenters. The lowest BCUT2D eigenvalue weighted by molar-refractivity contribution is 0.101. The van der Waals surface area contributed by atoms with Gasteiger partial charge in [-0.1, -0.05) is 12.1 Å². The summed E-state index contributed by atoms with van der Waals surface area (Å²) in [5, 5.41) is 6.75. The number of anilines is 1. The molecule has 1 amide bonds. The molecule has 0 radical (unpaired) electrons. The Morgan fingerprint density at radius 2 is 2.29 bits per heavy atom. The molecule has 0 fully saturated rings. The Hall–Kier alpha value is -1.81. The minimum absolute atomic E-state index is 0.184. The van der Waals surface area contributed by atoms with Crippen LogP contribution in [0.2, 0.25) is 0 Å². The highest BCUT2D eigenvalue weighted by Crippen LogP contribution is 2.13. The quantitative estimate of drug-likeness (QED) is 0.850. The summed E-state index contributed by atoms with van der Waals surface area (Å²) in [6, 6.07) is 9.11. The van der Waals surface area contributed by atoms with Crippen LogP contribution in [0.3, 0.4) is 0 Å². The fourth-order valence-corrected chi connectivity index (χ4v) is 1.69. The number of nitrogens with one attached hydrogen (secondary N) is 1. The number of nitrogens with zero attached hydrogens (tertiary/aromatic N) is 2. The molecule has 0 spiro atoms. The first kappa shape index (κ1) is 11.7. The van der Waals surface area contributed by atoms with Gasteiger partial charge >= 0.3 is 0 Å². The van der Waals surface area contributed by atoms with Crippen molar-refractivity contribution >= 4 is 23.2 Å². The Labute approximate surface area is 104 Å². The lowest BCUT2D eigenvalue weighted by Gasteiger charge is -2.06. The van der Waals surface area contributed by atoms with Gasteiger partial charge in [0.15, 0.2) is 0 Å². The van der Waals surface area contributed by atoms with Crippen molar-refractivity contribution in [2.24, 2.45) is 7.05 Å². The zero-order chi connectivity index (χ0) is 12.3. The molecule has 2 rings (SSSR count). The van der Waals surface area contributed by atoms with E-state index < -0.39 is 0 Å². The molecule has 1 aromatic carbocycles. The summed E-state index contributed by atoms with van der Waals surface area (Å²) >= 11 is 5.73. The predicted molar refractivity (Wildman–Crippen MR) is 67.2 cm³/mol. The smallest absolute Gasteiger partial charge is 0.273 e. The number of carbonyl (C=O) groups excluding carboxylic acids is 1. The summed E-state index contributed by atoms with van der Waals surface area (Å²) in [7, 11) is 1.73. The van der Waals surface area contributed by atoms with E-state index in [4.69, 9.17) is 11.6 Å². The molecular formula is C12H12ClN3O. The van der Waals surface area contributed by atoms with Gasteiger partial charge in [-0.15, -0.1) is 11.6 Å². The van der Waals surface area contributed by atoms with Crippen LogP contribution < -0.4 is 5.32 Å². The van der Waals surface area contributed by atoms with Crippen molar-refractivity contribution in [2.45, 2.75) is 5.88 Å². The van der Waals surface area contributed by atoms with Crippen molar-refractivity contribution in [3.8, 4) is 0 Å². The summed E-state index contributed by atoms with van der Waals surface area (Å²) in [6.07, 6.45) is 1.59. The van der Waals surface area contributed by atoms with E-state index in [9.17, 15) is 4.79 Å². The normalized spacial score (nSPS) is 10.2. The molecular weight excluding hydrogens is 238 g/mol. The lowest BCUT2D eigenvalue weighted by Crippen LogP contribution is -2.16. The van der Waals surface area contributed by atoms with Crippen LogP contribution in [-0.4, -0.2) is 15.7 Å². The van der Waals surface area contributed by atoms with Crippen LogP contribution in [0, 0.1) is 0 Å². The number of hydrogen-bond donors (Lipinski definition) is 1. The SMILES string of the molecule is Cn1nccc1C(=O)Nc1cccc(CCl)c1. The minimum Gasteiger partial charge on any atom is -0.321 e. The number of aromatic nitrogens is 2. The van der Waals surface area contributed by atoms with Crippen molar-refractivity contribution < 1.29 is 4.79 Å². The minimum atomic E-state index is -0.184. The third-order valence-electron chi connectivity index (χ3n) is 2.39. The molecule has 1 heterocycles. The van der Waals surface area contributed by atoms with E-state index in [0.717, 1.165) is 11.3 Å². The zero-order valence-corrected chi connectivity index (χ0v) is 10.1. The van der Waals surface area contributed by atoms with Crippen LogP contribution in [0.15, 0.2) is 36.5 Å². The lowest BCUT2D eigenvalue weighted by atomic mass is 10.2. The predicted octanol–water partition coefficient (Wildman–Crippen LogP) is 2.41. The number of halogens is 1. The summed E-state index contributed by atoms with van der Waals surface area (Å²) in [6.45, 7) is 0. The van der Waals surface area contributed by atoms with Crippen LogP contribution in [0.25, 0.3) is 0 Å². The molecule has 88 valence electrons. The van der Waals surface area contributed by atoms with Crippen LogP contribution in [0.4, 0.5) is 5.69 Å². The first-order chi connectivity index (χ1) is 8.20. The van der Waals surface area contributed by atoms with E-state index in [1.807, 2.05) is 24.3 Å². The van der Waals surface area contributed by atoms with Crippen LogP contribution >= 0.6 is 11.6 Å². The zero-order valence-electron chi connectivity index (χ0n) is 9.35. The molecule has 0 saturated heterocycles. The second-order valence-corrected chi connectivity index (χ2v) is 3.90. The molecule has 1 aromatic heterocycles. The maximum atomic E-state index is 11.9. The monoisotopic (exact) mass is 249 g/mol. The number of amides is 1. The number of hydrogen-bond acceptors (Lipinski definition) is 2. The van der Waals surface area contributed by atoms with Gasteiger partial charge in [-0.05, 0) is 23.8 Å². The first-order valence-corrected chi connectivity index (χ1v) is 5.68. The molecule has 0 aliphatic heterocycles.